The quantitative estimate of drug-likeness (QED) is 0.178. The Bertz CT molecular complexity index is 719. The van der Waals surface area contributed by atoms with E-state index in [2.05, 4.69) is 20.6 Å². The van der Waals surface area contributed by atoms with E-state index in [0.29, 0.717) is 36.1 Å². The molecule has 1 unspecified atom stereocenters. The van der Waals surface area contributed by atoms with Gasteiger partial charge in [-0.1, -0.05) is 0 Å². The van der Waals surface area contributed by atoms with Crippen molar-refractivity contribution < 1.29 is 17.9 Å². The first-order valence-electron chi connectivity index (χ1n) is 7.97. The number of guanidine groups is 1. The zero-order valence-electron chi connectivity index (χ0n) is 15.7. The van der Waals surface area contributed by atoms with Gasteiger partial charge in [0.25, 0.3) is 0 Å². The Morgan fingerprint density at radius 1 is 1.42 bits per heavy atom. The molecule has 0 aliphatic heterocycles. The molecule has 8 nitrogen and oxygen atoms in total. The summed E-state index contributed by atoms with van der Waals surface area (Å²) in [5.41, 5.74) is 0.642. The number of carbonyl (C=O) groups is 1. The minimum absolute atomic E-state index is 0. The monoisotopic (exact) mass is 518 g/mol. The molecule has 0 spiro atoms. The minimum atomic E-state index is -2.96. The van der Waals surface area contributed by atoms with Gasteiger partial charge < -0.3 is 15.4 Å². The molecule has 0 aromatic carbocycles. The molecular weight excluding hydrogens is 491 g/mol. The Labute approximate surface area is 176 Å². The maximum atomic E-state index is 11.9. The highest BCUT2D eigenvalue weighted by molar-refractivity contribution is 14.0. The summed E-state index contributed by atoms with van der Waals surface area (Å²) in [5.74, 6) is 0.312. The smallest absolute Gasteiger partial charge is 0.350 e. The molecule has 1 aromatic heterocycles. The van der Waals surface area contributed by atoms with E-state index in [1.54, 1.807) is 20.9 Å². The van der Waals surface area contributed by atoms with Gasteiger partial charge in [-0.15, -0.1) is 35.3 Å². The molecule has 0 saturated heterocycles. The highest BCUT2D eigenvalue weighted by atomic mass is 127. The average molecular weight is 518 g/mol. The van der Waals surface area contributed by atoms with Gasteiger partial charge in [0.05, 0.1) is 24.1 Å². The number of aromatic nitrogens is 1. The van der Waals surface area contributed by atoms with E-state index < -0.39 is 9.84 Å². The zero-order valence-corrected chi connectivity index (χ0v) is 19.6. The number of hydrogen-bond donors (Lipinski definition) is 2. The molecule has 1 rings (SSSR count). The maximum absolute atomic E-state index is 11.9. The Morgan fingerprint density at radius 2 is 2.08 bits per heavy atom. The molecule has 1 atom stereocenters. The number of sulfone groups is 1. The number of thiazole rings is 1. The lowest BCUT2D eigenvalue weighted by molar-refractivity contribution is 0.0531. The van der Waals surface area contributed by atoms with Crippen molar-refractivity contribution in [2.45, 2.75) is 33.2 Å². The number of aryl methyl sites for hydroxylation is 1. The molecule has 0 aliphatic carbocycles. The van der Waals surface area contributed by atoms with Gasteiger partial charge in [0, 0.05) is 19.8 Å². The molecule has 0 fully saturated rings. The Balaban J connectivity index is 0.00000625. The normalized spacial score (nSPS) is 12.9. The van der Waals surface area contributed by atoms with E-state index in [4.69, 9.17) is 4.74 Å². The van der Waals surface area contributed by atoms with Crippen LogP contribution in [0.3, 0.4) is 0 Å². The minimum Gasteiger partial charge on any atom is -0.462 e. The highest BCUT2D eigenvalue weighted by Gasteiger charge is 2.20. The van der Waals surface area contributed by atoms with Gasteiger partial charge in [-0.3, -0.25) is 4.99 Å². The summed E-state index contributed by atoms with van der Waals surface area (Å²) in [6, 6.07) is -0.159. The summed E-state index contributed by atoms with van der Waals surface area (Å²) in [6.45, 7) is 6.26. The van der Waals surface area contributed by atoms with Crippen LogP contribution in [0.5, 0.6) is 0 Å². The largest absolute Gasteiger partial charge is 0.462 e. The number of nitrogens with zero attached hydrogens (tertiary/aromatic N) is 2. The SMILES string of the molecule is CCOC(=O)c1sc(C(C)NC(=NC)NCCCS(C)(=O)=O)nc1C.I. The van der Waals surface area contributed by atoms with Crippen LogP contribution in [0.2, 0.25) is 0 Å². The average Bonchev–Trinajstić information content (AvgIpc) is 2.91. The molecule has 11 heteroatoms. The van der Waals surface area contributed by atoms with Crippen LogP contribution >= 0.6 is 35.3 Å². The number of aliphatic imine (C=N–C) groups is 1. The van der Waals surface area contributed by atoms with Crippen molar-refractivity contribution in [3.8, 4) is 0 Å². The van der Waals surface area contributed by atoms with E-state index in [0.717, 1.165) is 5.01 Å². The lowest BCUT2D eigenvalue weighted by Gasteiger charge is -2.16. The molecule has 0 saturated carbocycles. The number of nitrogens with one attached hydrogen (secondary N) is 2. The van der Waals surface area contributed by atoms with E-state index >= 15 is 0 Å². The topological polar surface area (TPSA) is 110 Å². The van der Waals surface area contributed by atoms with Crippen molar-refractivity contribution >= 4 is 57.1 Å². The number of rotatable bonds is 8. The Hall–Kier alpha value is -0.950. The molecule has 1 heterocycles. The molecule has 0 aliphatic rings. The number of carbonyl (C=O) groups excluding carboxylic acids is 1. The van der Waals surface area contributed by atoms with Gasteiger partial charge in [0.2, 0.25) is 0 Å². The molecule has 1 aromatic rings. The van der Waals surface area contributed by atoms with Crippen molar-refractivity contribution in [3.05, 3.63) is 15.6 Å². The fourth-order valence-electron chi connectivity index (χ4n) is 1.99. The number of esters is 1. The van der Waals surface area contributed by atoms with Crippen molar-refractivity contribution in [1.29, 1.82) is 0 Å². The molecule has 26 heavy (non-hydrogen) atoms. The van der Waals surface area contributed by atoms with Crippen molar-refractivity contribution in [2.75, 3.05) is 32.2 Å². The number of halogens is 1. The third kappa shape index (κ3) is 8.62. The van der Waals surface area contributed by atoms with Gasteiger partial charge in [-0.2, -0.15) is 0 Å². The van der Waals surface area contributed by atoms with Gasteiger partial charge >= 0.3 is 5.97 Å². The van der Waals surface area contributed by atoms with Gasteiger partial charge in [0.15, 0.2) is 5.96 Å². The van der Waals surface area contributed by atoms with Gasteiger partial charge in [0.1, 0.15) is 19.7 Å². The van der Waals surface area contributed by atoms with Crippen molar-refractivity contribution in [1.82, 2.24) is 15.6 Å². The summed E-state index contributed by atoms with van der Waals surface area (Å²) in [4.78, 5) is 20.9. The molecule has 150 valence electrons. The zero-order chi connectivity index (χ0) is 19.0. The third-order valence-electron chi connectivity index (χ3n) is 3.21. The van der Waals surface area contributed by atoms with Crippen LogP contribution in [0.15, 0.2) is 4.99 Å². The fraction of sp³-hybridized carbons (Fsp3) is 0.667. The van der Waals surface area contributed by atoms with Gasteiger partial charge in [-0.25, -0.2) is 18.2 Å². The molecule has 0 bridgehead atoms. The predicted molar refractivity (Wildman–Crippen MR) is 115 cm³/mol. The summed E-state index contributed by atoms with van der Waals surface area (Å²) in [6.07, 6.45) is 1.71. The van der Waals surface area contributed by atoms with E-state index in [1.165, 1.54) is 17.6 Å². The lowest BCUT2D eigenvalue weighted by atomic mass is 10.3. The van der Waals surface area contributed by atoms with Gasteiger partial charge in [-0.05, 0) is 27.2 Å². The second kappa shape index (κ2) is 11.7. The van der Waals surface area contributed by atoms with Crippen LogP contribution in [0.4, 0.5) is 0 Å². The van der Waals surface area contributed by atoms with E-state index in [9.17, 15) is 13.2 Å². The molecular formula is C15H27IN4O4S2. The second-order valence-corrected chi connectivity index (χ2v) is 8.83. The molecule has 0 radical (unpaired) electrons. The van der Waals surface area contributed by atoms with E-state index in [1.807, 2.05) is 6.92 Å². The van der Waals surface area contributed by atoms with Crippen molar-refractivity contribution in [2.24, 2.45) is 4.99 Å². The lowest BCUT2D eigenvalue weighted by Crippen LogP contribution is -2.39. The first-order valence-corrected chi connectivity index (χ1v) is 10.8. The van der Waals surface area contributed by atoms with E-state index in [-0.39, 0.29) is 41.7 Å². The van der Waals surface area contributed by atoms with Crippen LogP contribution in [-0.4, -0.2) is 57.5 Å². The maximum Gasteiger partial charge on any atom is 0.350 e. The first kappa shape index (κ1) is 25.1. The van der Waals surface area contributed by atoms with Crippen LogP contribution < -0.4 is 10.6 Å². The molecule has 2 N–H and O–H groups in total. The second-order valence-electron chi connectivity index (χ2n) is 5.54. The number of hydrogen-bond acceptors (Lipinski definition) is 7. The fourth-order valence-corrected chi connectivity index (χ4v) is 3.62. The van der Waals surface area contributed by atoms with Crippen LogP contribution in [0.25, 0.3) is 0 Å². The third-order valence-corrected chi connectivity index (χ3v) is 5.56. The standard InChI is InChI=1S/C15H26N4O4S2.HI/c1-6-23-14(20)12-10(2)18-13(24-12)11(3)19-15(16-4)17-8-7-9-25(5,21)22;/h11H,6-9H2,1-5H3,(H2,16,17,19);1H. The highest BCUT2D eigenvalue weighted by Crippen LogP contribution is 2.24. The predicted octanol–water partition coefficient (Wildman–Crippen LogP) is 1.91. The van der Waals surface area contributed by atoms with Crippen LogP contribution in [0.1, 0.15) is 46.7 Å². The molecule has 0 amide bonds. The number of ether oxygens (including phenoxy) is 1. The Kier molecular flexibility index (Phi) is 11.3. The first-order chi connectivity index (χ1) is 11.7. The van der Waals surface area contributed by atoms with Crippen molar-refractivity contribution in [3.63, 3.8) is 0 Å². The summed E-state index contributed by atoms with van der Waals surface area (Å²) in [7, 11) is -1.33. The van der Waals surface area contributed by atoms with Crippen LogP contribution in [0, 0.1) is 6.92 Å². The summed E-state index contributed by atoms with van der Waals surface area (Å²) < 4.78 is 27.3. The Morgan fingerprint density at radius 3 is 2.62 bits per heavy atom. The summed E-state index contributed by atoms with van der Waals surface area (Å²) >= 11 is 1.29. The van der Waals surface area contributed by atoms with Crippen LogP contribution in [-0.2, 0) is 14.6 Å². The summed E-state index contributed by atoms with van der Waals surface area (Å²) in [5, 5.41) is 6.99.